The topological polar surface area (TPSA) is 70.2 Å². The predicted octanol–water partition coefficient (Wildman–Crippen LogP) is 5.89. The Hall–Kier alpha value is -3.31. The molecule has 1 unspecified atom stereocenters. The minimum absolute atomic E-state index is 0.0201. The van der Waals surface area contributed by atoms with Crippen LogP contribution in [0, 0.1) is 0 Å². The maximum absolute atomic E-state index is 13.0. The van der Waals surface area contributed by atoms with Crippen molar-refractivity contribution in [2.24, 2.45) is 0 Å². The molecule has 3 N–H and O–H groups in total. The number of halogens is 1. The molecular weight excluding hydrogens is 410 g/mol. The lowest BCUT2D eigenvalue weighted by atomic mass is 9.94. The molecule has 0 radical (unpaired) electrons. The number of urea groups is 1. The molecule has 3 amide bonds. The molecule has 0 aromatic heterocycles. The van der Waals surface area contributed by atoms with Gasteiger partial charge in [-0.25, -0.2) is 4.79 Å². The van der Waals surface area contributed by atoms with Gasteiger partial charge in [0.25, 0.3) is 0 Å². The summed E-state index contributed by atoms with van der Waals surface area (Å²) < 4.78 is 0. The Bertz CT molecular complexity index is 1080. The van der Waals surface area contributed by atoms with Crippen molar-refractivity contribution in [3.05, 3.63) is 95.0 Å². The van der Waals surface area contributed by atoms with E-state index in [1.807, 2.05) is 85.8 Å². The summed E-state index contributed by atoms with van der Waals surface area (Å²) in [5.41, 5.74) is 2.85. The van der Waals surface area contributed by atoms with E-state index in [0.717, 1.165) is 29.7 Å². The van der Waals surface area contributed by atoms with Crippen molar-refractivity contribution in [1.82, 2.24) is 5.32 Å². The lowest BCUT2D eigenvalue weighted by Crippen LogP contribution is -2.36. The van der Waals surface area contributed by atoms with Crippen LogP contribution in [0.4, 0.5) is 16.2 Å². The second-order valence-corrected chi connectivity index (χ2v) is 8.29. The minimum atomic E-state index is -0.476. The van der Waals surface area contributed by atoms with Gasteiger partial charge in [0, 0.05) is 16.4 Å². The van der Waals surface area contributed by atoms with Crippen LogP contribution in [0.15, 0.2) is 78.9 Å². The zero-order valence-electron chi connectivity index (χ0n) is 17.2. The molecule has 3 aromatic rings. The number of rotatable bonds is 6. The number of benzene rings is 3. The highest BCUT2D eigenvalue weighted by molar-refractivity contribution is 6.30. The van der Waals surface area contributed by atoms with Crippen molar-refractivity contribution in [1.29, 1.82) is 0 Å². The lowest BCUT2D eigenvalue weighted by Gasteiger charge is -2.21. The molecule has 31 heavy (non-hydrogen) atoms. The number of carbonyl (C=O) groups is 2. The zero-order chi connectivity index (χ0) is 21.8. The smallest absolute Gasteiger partial charge is 0.323 e. The Labute approximate surface area is 186 Å². The Morgan fingerprint density at radius 3 is 2.13 bits per heavy atom. The first-order valence-electron chi connectivity index (χ1n) is 10.3. The third kappa shape index (κ3) is 4.89. The summed E-state index contributed by atoms with van der Waals surface area (Å²) >= 11 is 6.11. The molecule has 0 aliphatic heterocycles. The van der Waals surface area contributed by atoms with Crippen LogP contribution in [0.3, 0.4) is 0 Å². The quantitative estimate of drug-likeness (QED) is 0.453. The van der Waals surface area contributed by atoms with Crippen molar-refractivity contribution in [3.8, 4) is 0 Å². The summed E-state index contributed by atoms with van der Waals surface area (Å²) in [6.45, 7) is 1.95. The largest absolute Gasteiger partial charge is 0.349 e. The second-order valence-electron chi connectivity index (χ2n) is 7.85. The molecule has 0 spiro atoms. The first-order chi connectivity index (χ1) is 15.0. The molecule has 1 aliphatic carbocycles. The van der Waals surface area contributed by atoms with E-state index in [1.165, 1.54) is 0 Å². The molecule has 5 nitrogen and oxygen atoms in total. The Balaban J connectivity index is 1.35. The maximum Gasteiger partial charge on any atom is 0.323 e. The number of hydrogen-bond acceptors (Lipinski definition) is 2. The van der Waals surface area contributed by atoms with Crippen molar-refractivity contribution >= 4 is 34.9 Å². The Morgan fingerprint density at radius 1 is 0.871 bits per heavy atom. The molecule has 0 saturated heterocycles. The van der Waals surface area contributed by atoms with Crippen LogP contribution >= 0.6 is 11.6 Å². The van der Waals surface area contributed by atoms with Gasteiger partial charge in [0.15, 0.2) is 0 Å². The van der Waals surface area contributed by atoms with Crippen molar-refractivity contribution in [2.75, 3.05) is 10.6 Å². The van der Waals surface area contributed by atoms with E-state index in [0.29, 0.717) is 10.7 Å². The van der Waals surface area contributed by atoms with Crippen molar-refractivity contribution < 1.29 is 9.59 Å². The maximum atomic E-state index is 13.0. The molecule has 0 bridgehead atoms. The monoisotopic (exact) mass is 433 g/mol. The van der Waals surface area contributed by atoms with Gasteiger partial charge in [-0.3, -0.25) is 4.79 Å². The van der Waals surface area contributed by atoms with Crippen LogP contribution in [0.2, 0.25) is 5.02 Å². The van der Waals surface area contributed by atoms with Crippen LogP contribution in [-0.2, 0) is 10.2 Å². The van der Waals surface area contributed by atoms with Crippen molar-refractivity contribution in [2.45, 2.75) is 31.2 Å². The molecule has 1 saturated carbocycles. The highest BCUT2D eigenvalue weighted by Crippen LogP contribution is 2.49. The molecule has 4 rings (SSSR count). The van der Waals surface area contributed by atoms with Gasteiger partial charge in [0.2, 0.25) is 5.91 Å². The number of hydrogen-bond donors (Lipinski definition) is 3. The summed E-state index contributed by atoms with van der Waals surface area (Å²) in [4.78, 5) is 25.1. The Kier molecular flexibility index (Phi) is 5.96. The van der Waals surface area contributed by atoms with Gasteiger partial charge in [0.05, 0.1) is 11.5 Å². The molecule has 3 aromatic carbocycles. The standard InChI is InChI=1S/C25H24ClN3O2/c1-17(27-23(30)25(14-15-25)19-6-5-7-20(26)16-19)18-10-12-22(13-11-18)29-24(31)28-21-8-3-2-4-9-21/h2-13,16-17H,14-15H2,1H3,(H,27,30)(H2,28,29,31). The normalized spacial score (nSPS) is 14.9. The summed E-state index contributed by atoms with van der Waals surface area (Å²) in [7, 11) is 0. The highest BCUT2D eigenvalue weighted by atomic mass is 35.5. The number of para-hydroxylation sites is 1. The average molecular weight is 434 g/mol. The van der Waals surface area contributed by atoms with Crippen LogP contribution in [0.1, 0.15) is 36.9 Å². The van der Waals surface area contributed by atoms with Crippen LogP contribution in [0.5, 0.6) is 0 Å². The number of carbonyl (C=O) groups excluding carboxylic acids is 2. The second kappa shape index (κ2) is 8.82. The molecule has 1 fully saturated rings. The molecular formula is C25H24ClN3O2. The number of amides is 3. The van der Waals surface area contributed by atoms with E-state index in [-0.39, 0.29) is 18.0 Å². The lowest BCUT2D eigenvalue weighted by molar-refractivity contribution is -0.124. The van der Waals surface area contributed by atoms with Gasteiger partial charge in [-0.05, 0) is 67.3 Å². The third-order valence-electron chi connectivity index (χ3n) is 5.61. The summed E-state index contributed by atoms with van der Waals surface area (Å²) in [6.07, 6.45) is 1.65. The molecule has 0 heterocycles. The SMILES string of the molecule is CC(NC(=O)C1(c2cccc(Cl)c2)CC1)c1ccc(NC(=O)Nc2ccccc2)cc1. The van der Waals surface area contributed by atoms with Crippen molar-refractivity contribution in [3.63, 3.8) is 0 Å². The van der Waals surface area contributed by atoms with E-state index in [9.17, 15) is 9.59 Å². The van der Waals surface area contributed by atoms with E-state index in [4.69, 9.17) is 11.6 Å². The number of anilines is 2. The van der Waals surface area contributed by atoms with E-state index in [2.05, 4.69) is 16.0 Å². The highest BCUT2D eigenvalue weighted by Gasteiger charge is 2.51. The van der Waals surface area contributed by atoms with Crippen LogP contribution in [0.25, 0.3) is 0 Å². The minimum Gasteiger partial charge on any atom is -0.349 e. The van der Waals surface area contributed by atoms with Gasteiger partial charge >= 0.3 is 6.03 Å². The van der Waals surface area contributed by atoms with Gasteiger partial charge in [-0.15, -0.1) is 0 Å². The summed E-state index contributed by atoms with van der Waals surface area (Å²) in [5.74, 6) is 0.0201. The van der Waals surface area contributed by atoms with Crippen LogP contribution in [-0.4, -0.2) is 11.9 Å². The van der Waals surface area contributed by atoms with Crippen LogP contribution < -0.4 is 16.0 Å². The Morgan fingerprint density at radius 2 is 1.52 bits per heavy atom. The van der Waals surface area contributed by atoms with E-state index >= 15 is 0 Å². The first-order valence-corrected chi connectivity index (χ1v) is 10.6. The fourth-order valence-electron chi connectivity index (χ4n) is 3.65. The summed E-state index contributed by atoms with van der Waals surface area (Å²) in [5, 5.41) is 9.36. The van der Waals surface area contributed by atoms with E-state index in [1.54, 1.807) is 0 Å². The first kappa shape index (κ1) is 20.9. The van der Waals surface area contributed by atoms with Gasteiger partial charge in [0.1, 0.15) is 0 Å². The van der Waals surface area contributed by atoms with E-state index < -0.39 is 5.41 Å². The zero-order valence-corrected chi connectivity index (χ0v) is 17.9. The third-order valence-corrected chi connectivity index (χ3v) is 5.84. The molecule has 6 heteroatoms. The average Bonchev–Trinajstić information content (AvgIpc) is 3.57. The fourth-order valence-corrected chi connectivity index (χ4v) is 3.84. The number of nitrogens with one attached hydrogen (secondary N) is 3. The van der Waals surface area contributed by atoms with Gasteiger partial charge in [-0.2, -0.15) is 0 Å². The fraction of sp³-hybridized carbons (Fsp3) is 0.200. The van der Waals surface area contributed by atoms with Gasteiger partial charge in [-0.1, -0.05) is 54.1 Å². The molecule has 1 aliphatic rings. The summed E-state index contributed by atoms with van der Waals surface area (Å²) in [6, 6.07) is 23.8. The van der Waals surface area contributed by atoms with Gasteiger partial charge < -0.3 is 16.0 Å². The predicted molar refractivity (Wildman–Crippen MR) is 124 cm³/mol. The molecule has 158 valence electrons. The molecule has 1 atom stereocenters.